The predicted molar refractivity (Wildman–Crippen MR) is 112 cm³/mol. The van der Waals surface area contributed by atoms with E-state index >= 15 is 0 Å². The fourth-order valence-electron chi connectivity index (χ4n) is 3.45. The van der Waals surface area contributed by atoms with Gasteiger partial charge in [0.15, 0.2) is 6.10 Å². The first-order chi connectivity index (χ1) is 14.3. The van der Waals surface area contributed by atoms with E-state index in [1.165, 1.54) is 33.8 Å². The molecule has 1 amide bonds. The van der Waals surface area contributed by atoms with Crippen LogP contribution in [0.15, 0.2) is 35.7 Å². The Morgan fingerprint density at radius 3 is 2.73 bits per heavy atom. The van der Waals surface area contributed by atoms with E-state index in [4.69, 9.17) is 16.3 Å². The van der Waals surface area contributed by atoms with Gasteiger partial charge >= 0.3 is 5.97 Å². The molecule has 2 aromatic heterocycles. The highest BCUT2D eigenvalue weighted by Crippen LogP contribution is 2.27. The molecule has 0 saturated heterocycles. The summed E-state index contributed by atoms with van der Waals surface area (Å²) in [6.45, 7) is 4.28. The lowest BCUT2D eigenvalue weighted by Crippen LogP contribution is -2.42. The third-order valence-corrected chi connectivity index (χ3v) is 6.40. The highest BCUT2D eigenvalue weighted by molar-refractivity contribution is 7.10. The molecule has 4 rings (SSSR count). The maximum Gasteiger partial charge on any atom is 0.344 e. The van der Waals surface area contributed by atoms with Crippen LogP contribution in [0.3, 0.4) is 0 Å². The van der Waals surface area contributed by atoms with Crippen molar-refractivity contribution in [2.75, 3.05) is 6.54 Å². The average molecular weight is 448 g/mol. The minimum atomic E-state index is -0.956. The van der Waals surface area contributed by atoms with Gasteiger partial charge in [-0.1, -0.05) is 11.6 Å². The summed E-state index contributed by atoms with van der Waals surface area (Å²) in [4.78, 5) is 28.5. The molecule has 0 radical (unpaired) electrons. The van der Waals surface area contributed by atoms with Crippen LogP contribution in [0.1, 0.15) is 33.4 Å². The van der Waals surface area contributed by atoms with Crippen molar-refractivity contribution in [3.05, 3.63) is 68.4 Å². The van der Waals surface area contributed by atoms with E-state index in [-0.39, 0.29) is 16.6 Å². The second kappa shape index (κ2) is 8.20. The van der Waals surface area contributed by atoms with Gasteiger partial charge in [-0.15, -0.1) is 11.3 Å². The Morgan fingerprint density at radius 1 is 1.27 bits per heavy atom. The largest absolute Gasteiger partial charge is 0.449 e. The monoisotopic (exact) mass is 447 g/mol. The Balaban J connectivity index is 1.48. The van der Waals surface area contributed by atoms with Gasteiger partial charge in [0.05, 0.1) is 11.4 Å². The van der Waals surface area contributed by atoms with Crippen molar-refractivity contribution in [1.29, 1.82) is 0 Å². The molecule has 0 fully saturated rings. The van der Waals surface area contributed by atoms with E-state index in [2.05, 4.69) is 5.10 Å². The lowest BCUT2D eigenvalue weighted by molar-refractivity contribution is -0.140. The van der Waals surface area contributed by atoms with E-state index in [1.807, 2.05) is 11.4 Å². The van der Waals surface area contributed by atoms with Crippen molar-refractivity contribution >= 4 is 34.8 Å². The number of fused-ring (bicyclic) bond motifs is 1. The molecule has 9 heteroatoms. The molecular formula is C21H19ClFN3O3S. The van der Waals surface area contributed by atoms with Gasteiger partial charge in [-0.25, -0.2) is 13.9 Å². The molecule has 1 aromatic carbocycles. The number of carbonyl (C=O) groups is 2. The van der Waals surface area contributed by atoms with Crippen molar-refractivity contribution in [3.63, 3.8) is 0 Å². The summed E-state index contributed by atoms with van der Waals surface area (Å²) in [6.07, 6.45) is -0.156. The molecule has 3 aromatic rings. The van der Waals surface area contributed by atoms with Gasteiger partial charge in [0, 0.05) is 18.0 Å². The van der Waals surface area contributed by atoms with Crippen molar-refractivity contribution in [3.8, 4) is 5.69 Å². The first-order valence-electron chi connectivity index (χ1n) is 9.41. The van der Waals surface area contributed by atoms with Gasteiger partial charge in [-0.3, -0.25) is 4.79 Å². The van der Waals surface area contributed by atoms with Crippen LogP contribution < -0.4 is 0 Å². The van der Waals surface area contributed by atoms with Gasteiger partial charge in [-0.05, 0) is 61.5 Å². The van der Waals surface area contributed by atoms with Crippen LogP contribution in [0.4, 0.5) is 4.39 Å². The molecule has 0 N–H and O–H groups in total. The van der Waals surface area contributed by atoms with Crippen molar-refractivity contribution < 1.29 is 18.7 Å². The summed E-state index contributed by atoms with van der Waals surface area (Å²) in [7, 11) is 0. The Labute approximate surface area is 181 Å². The molecule has 1 unspecified atom stereocenters. The summed E-state index contributed by atoms with van der Waals surface area (Å²) >= 11 is 8.06. The fraction of sp³-hybridized carbons (Fsp3) is 0.286. The standard InChI is InChI=1S/C21H19ClFN3O3S/c1-12-18(19(22)26(24-12)16-5-3-15(23)4-6-16)21(28)29-13(2)20(27)25-9-7-17-14(11-25)8-10-30-17/h3-6,8,10,13H,7,9,11H2,1-2H3. The number of benzene rings is 1. The summed E-state index contributed by atoms with van der Waals surface area (Å²) in [5.41, 5.74) is 2.08. The first kappa shape index (κ1) is 20.6. The van der Waals surface area contributed by atoms with Crippen LogP contribution >= 0.6 is 22.9 Å². The van der Waals surface area contributed by atoms with Crippen LogP contribution in [0.25, 0.3) is 5.69 Å². The lowest BCUT2D eigenvalue weighted by Gasteiger charge is -2.29. The van der Waals surface area contributed by atoms with E-state index in [9.17, 15) is 14.0 Å². The molecule has 6 nitrogen and oxygen atoms in total. The normalized spacial score (nSPS) is 14.3. The molecule has 156 valence electrons. The zero-order valence-electron chi connectivity index (χ0n) is 16.4. The van der Waals surface area contributed by atoms with Gasteiger partial charge in [0.25, 0.3) is 5.91 Å². The summed E-state index contributed by atoms with van der Waals surface area (Å²) in [5.74, 6) is -1.36. The Hall–Kier alpha value is -2.71. The predicted octanol–water partition coefficient (Wildman–Crippen LogP) is 4.16. The number of carbonyl (C=O) groups excluding carboxylic acids is 2. The number of halogens is 2. The number of nitrogens with zero attached hydrogens (tertiary/aromatic N) is 3. The molecule has 0 bridgehead atoms. The number of aryl methyl sites for hydroxylation is 1. The van der Waals surface area contributed by atoms with Crippen LogP contribution in [-0.2, 0) is 22.5 Å². The highest BCUT2D eigenvalue weighted by Gasteiger charge is 2.30. The average Bonchev–Trinajstić information content (AvgIpc) is 3.31. The Bertz CT molecular complexity index is 1110. The van der Waals surface area contributed by atoms with Crippen LogP contribution in [0.5, 0.6) is 0 Å². The molecule has 0 aliphatic carbocycles. The van der Waals surface area contributed by atoms with Crippen LogP contribution in [0, 0.1) is 12.7 Å². The second-order valence-corrected chi connectivity index (χ2v) is 8.42. The topological polar surface area (TPSA) is 64.4 Å². The zero-order valence-corrected chi connectivity index (χ0v) is 18.0. The van der Waals surface area contributed by atoms with Gasteiger partial charge in [0.1, 0.15) is 16.5 Å². The smallest absolute Gasteiger partial charge is 0.344 e. The van der Waals surface area contributed by atoms with Crippen molar-refractivity contribution in [2.45, 2.75) is 32.9 Å². The summed E-state index contributed by atoms with van der Waals surface area (Å²) in [6, 6.07) is 7.58. The molecular weight excluding hydrogens is 429 g/mol. The number of hydrogen-bond donors (Lipinski definition) is 0. The second-order valence-electron chi connectivity index (χ2n) is 7.07. The number of aromatic nitrogens is 2. The van der Waals surface area contributed by atoms with Gasteiger partial charge in [0.2, 0.25) is 0 Å². The third kappa shape index (κ3) is 3.85. The van der Waals surface area contributed by atoms with E-state index in [1.54, 1.807) is 30.1 Å². The quantitative estimate of drug-likeness (QED) is 0.563. The minimum Gasteiger partial charge on any atom is -0.449 e. The van der Waals surface area contributed by atoms with Gasteiger partial charge in [-0.2, -0.15) is 5.10 Å². The Kier molecular flexibility index (Phi) is 5.62. The van der Waals surface area contributed by atoms with E-state index in [0.29, 0.717) is 24.5 Å². The first-order valence-corrected chi connectivity index (χ1v) is 10.7. The number of esters is 1. The number of ether oxygens (including phenoxy) is 1. The fourth-order valence-corrected chi connectivity index (χ4v) is 4.69. The molecule has 1 aliphatic rings. The maximum atomic E-state index is 13.2. The van der Waals surface area contributed by atoms with Crippen molar-refractivity contribution in [1.82, 2.24) is 14.7 Å². The SMILES string of the molecule is Cc1nn(-c2ccc(F)cc2)c(Cl)c1C(=O)OC(C)C(=O)N1CCc2sccc2C1. The van der Waals surface area contributed by atoms with E-state index < -0.39 is 17.9 Å². The zero-order chi connectivity index (χ0) is 21.4. The molecule has 0 spiro atoms. The van der Waals surface area contributed by atoms with Crippen molar-refractivity contribution in [2.24, 2.45) is 0 Å². The molecule has 1 aliphatic heterocycles. The number of hydrogen-bond acceptors (Lipinski definition) is 5. The van der Waals surface area contributed by atoms with Crippen LogP contribution in [0.2, 0.25) is 5.15 Å². The maximum absolute atomic E-state index is 13.2. The highest BCUT2D eigenvalue weighted by atomic mass is 35.5. The van der Waals surface area contributed by atoms with Gasteiger partial charge < -0.3 is 9.64 Å². The molecule has 30 heavy (non-hydrogen) atoms. The Morgan fingerprint density at radius 2 is 2.00 bits per heavy atom. The minimum absolute atomic E-state index is 0.0460. The molecule has 3 heterocycles. The summed E-state index contributed by atoms with van der Waals surface area (Å²) < 4.78 is 19.9. The third-order valence-electron chi connectivity index (χ3n) is 5.03. The number of rotatable bonds is 4. The molecule has 0 saturated carbocycles. The van der Waals surface area contributed by atoms with Crippen LogP contribution in [-0.4, -0.2) is 39.2 Å². The number of thiophene rings is 1. The number of amides is 1. The summed E-state index contributed by atoms with van der Waals surface area (Å²) in [5, 5.41) is 6.32. The molecule has 1 atom stereocenters. The lowest BCUT2D eigenvalue weighted by atomic mass is 10.1. The van der Waals surface area contributed by atoms with E-state index in [0.717, 1.165) is 12.0 Å².